The van der Waals surface area contributed by atoms with Gasteiger partial charge >= 0.3 is 0 Å². The Hall–Kier alpha value is -2.92. The molecule has 184 valence electrons. The molecule has 6 nitrogen and oxygen atoms in total. The number of para-hydroxylation sites is 1. The molecule has 0 aliphatic carbocycles. The van der Waals surface area contributed by atoms with Crippen LogP contribution in [0, 0.1) is 5.82 Å². The molecule has 0 unspecified atom stereocenters. The molecule has 0 radical (unpaired) electrons. The molecular weight excluding hydrogens is 591 g/mol. The maximum Gasteiger partial charge on any atom is 0.270 e. The van der Waals surface area contributed by atoms with Gasteiger partial charge in [0, 0.05) is 10.2 Å². The number of methoxy groups -OCH3 is 1. The zero-order valence-corrected chi connectivity index (χ0v) is 22.6. The van der Waals surface area contributed by atoms with E-state index in [1.54, 1.807) is 54.6 Å². The van der Waals surface area contributed by atoms with Gasteiger partial charge in [-0.05, 0) is 70.0 Å². The number of hydrogen-bond donors (Lipinski definition) is 1. The molecule has 1 aliphatic heterocycles. The maximum absolute atomic E-state index is 14.2. The summed E-state index contributed by atoms with van der Waals surface area (Å²) in [6, 6.07) is 16.0. The molecule has 36 heavy (non-hydrogen) atoms. The molecule has 0 aromatic heterocycles. The fourth-order valence-electron chi connectivity index (χ4n) is 3.27. The Morgan fingerprint density at radius 3 is 2.69 bits per heavy atom. The molecule has 1 aliphatic rings. The highest BCUT2D eigenvalue weighted by molar-refractivity contribution is 9.10. The van der Waals surface area contributed by atoms with Gasteiger partial charge in [-0.15, -0.1) is 0 Å². The second-order valence-corrected chi connectivity index (χ2v) is 10.3. The average molecular weight is 608 g/mol. The Morgan fingerprint density at radius 2 is 1.97 bits per heavy atom. The molecule has 3 aromatic rings. The van der Waals surface area contributed by atoms with Gasteiger partial charge in [0.25, 0.3) is 11.8 Å². The summed E-state index contributed by atoms with van der Waals surface area (Å²) in [5.74, 6) is -0.619. The van der Waals surface area contributed by atoms with E-state index in [1.807, 2.05) is 0 Å². The Labute approximate surface area is 229 Å². The number of amides is 2. The minimum absolute atomic E-state index is 0.105. The van der Waals surface area contributed by atoms with Crippen molar-refractivity contribution in [2.75, 3.05) is 23.9 Å². The van der Waals surface area contributed by atoms with Crippen LogP contribution < -0.4 is 19.7 Å². The number of thiocarbonyl (C=S) groups is 1. The lowest BCUT2D eigenvalue weighted by atomic mass is 10.1. The number of benzene rings is 3. The van der Waals surface area contributed by atoms with Gasteiger partial charge in [0.1, 0.15) is 5.82 Å². The number of anilines is 2. The highest BCUT2D eigenvalue weighted by Gasteiger charge is 2.34. The van der Waals surface area contributed by atoms with E-state index in [1.165, 1.54) is 24.1 Å². The summed E-state index contributed by atoms with van der Waals surface area (Å²) < 4.78 is 26.2. The van der Waals surface area contributed by atoms with E-state index in [0.717, 1.165) is 16.2 Å². The third kappa shape index (κ3) is 5.89. The van der Waals surface area contributed by atoms with Gasteiger partial charge in [-0.25, -0.2) is 4.39 Å². The summed E-state index contributed by atoms with van der Waals surface area (Å²) in [5.41, 5.74) is 1.28. The molecule has 0 atom stereocenters. The third-order valence-corrected chi connectivity index (χ3v) is 7.47. The summed E-state index contributed by atoms with van der Waals surface area (Å²) in [6.07, 6.45) is 1.64. The van der Waals surface area contributed by atoms with Crippen molar-refractivity contribution in [3.05, 3.63) is 86.4 Å². The second kappa shape index (κ2) is 11.4. The number of carbonyl (C=O) groups excluding carboxylic acids is 2. The van der Waals surface area contributed by atoms with Crippen LogP contribution in [0.4, 0.5) is 15.8 Å². The maximum atomic E-state index is 14.2. The quantitative estimate of drug-likeness (QED) is 0.239. The molecule has 3 aromatic carbocycles. The summed E-state index contributed by atoms with van der Waals surface area (Å²) in [6.45, 7) is -0.259. The molecule has 4 rings (SSSR count). The van der Waals surface area contributed by atoms with Crippen molar-refractivity contribution in [1.82, 2.24) is 0 Å². The van der Waals surface area contributed by atoms with Crippen molar-refractivity contribution in [1.29, 1.82) is 0 Å². The lowest BCUT2D eigenvalue weighted by Gasteiger charge is -2.15. The van der Waals surface area contributed by atoms with Crippen molar-refractivity contribution in [2.45, 2.75) is 0 Å². The summed E-state index contributed by atoms with van der Waals surface area (Å²) in [5, 5.41) is 3.17. The number of nitrogens with one attached hydrogen (secondary N) is 1. The first-order valence-corrected chi connectivity index (χ1v) is 12.7. The highest BCUT2D eigenvalue weighted by Crippen LogP contribution is 2.38. The molecule has 0 spiro atoms. The number of thioether (sulfide) groups is 1. The van der Waals surface area contributed by atoms with E-state index >= 15 is 0 Å². The lowest BCUT2D eigenvalue weighted by molar-refractivity contribution is -0.118. The molecular formula is C25H17BrClFN2O4S2. The number of rotatable bonds is 7. The van der Waals surface area contributed by atoms with Crippen molar-refractivity contribution in [2.24, 2.45) is 0 Å². The zero-order valence-electron chi connectivity index (χ0n) is 18.6. The summed E-state index contributed by atoms with van der Waals surface area (Å²) >= 11 is 15.7. The summed E-state index contributed by atoms with van der Waals surface area (Å²) in [4.78, 5) is 26.7. The van der Waals surface area contributed by atoms with E-state index in [2.05, 4.69) is 21.2 Å². The van der Waals surface area contributed by atoms with Crippen LogP contribution in [0.25, 0.3) is 6.08 Å². The van der Waals surface area contributed by atoms with E-state index in [-0.39, 0.29) is 22.5 Å². The first-order chi connectivity index (χ1) is 17.3. The number of ether oxygens (including phenoxy) is 2. The van der Waals surface area contributed by atoms with Crippen LogP contribution in [0.15, 0.2) is 70.0 Å². The largest absolute Gasteiger partial charge is 0.493 e. The fraction of sp³-hybridized carbons (Fsp3) is 0.0800. The van der Waals surface area contributed by atoms with Gasteiger partial charge in [-0.3, -0.25) is 14.5 Å². The Balaban J connectivity index is 1.45. The minimum Gasteiger partial charge on any atom is -0.493 e. The van der Waals surface area contributed by atoms with Crippen LogP contribution in [-0.4, -0.2) is 29.9 Å². The first-order valence-electron chi connectivity index (χ1n) is 10.3. The molecule has 11 heteroatoms. The van der Waals surface area contributed by atoms with Crippen LogP contribution in [0.1, 0.15) is 5.56 Å². The SMILES string of the molecule is COc1cc(/C=C2\SC(=S)N(c3ccccc3F)C2=O)ccc1OCC(=O)Nc1ccc(Br)c(Cl)c1. The van der Waals surface area contributed by atoms with Gasteiger partial charge in [0.05, 0.1) is 22.7 Å². The third-order valence-electron chi connectivity index (χ3n) is 4.93. The normalized spacial score (nSPS) is 14.3. The Morgan fingerprint density at radius 1 is 1.19 bits per heavy atom. The second-order valence-electron chi connectivity index (χ2n) is 7.34. The van der Waals surface area contributed by atoms with Gasteiger partial charge < -0.3 is 14.8 Å². The van der Waals surface area contributed by atoms with Crippen LogP contribution >= 0.6 is 51.5 Å². The number of nitrogens with zero attached hydrogens (tertiary/aromatic N) is 1. The molecule has 1 fully saturated rings. The molecule has 1 heterocycles. The molecule has 2 amide bonds. The Bertz CT molecular complexity index is 1400. The smallest absolute Gasteiger partial charge is 0.270 e. The van der Waals surface area contributed by atoms with E-state index in [0.29, 0.717) is 32.7 Å². The van der Waals surface area contributed by atoms with Crippen LogP contribution in [0.2, 0.25) is 5.02 Å². The molecule has 0 saturated carbocycles. The number of halogens is 3. The zero-order chi connectivity index (χ0) is 25.8. The van der Waals surface area contributed by atoms with Crippen LogP contribution in [0.5, 0.6) is 11.5 Å². The topological polar surface area (TPSA) is 67.9 Å². The van der Waals surface area contributed by atoms with E-state index in [4.69, 9.17) is 33.3 Å². The van der Waals surface area contributed by atoms with Crippen LogP contribution in [-0.2, 0) is 9.59 Å². The van der Waals surface area contributed by atoms with Crippen molar-refractivity contribution >= 4 is 85.1 Å². The summed E-state index contributed by atoms with van der Waals surface area (Å²) in [7, 11) is 1.47. The molecule has 0 bridgehead atoms. The van der Waals surface area contributed by atoms with Crippen molar-refractivity contribution < 1.29 is 23.5 Å². The van der Waals surface area contributed by atoms with Gasteiger partial charge in [-0.2, -0.15) is 0 Å². The predicted octanol–water partition coefficient (Wildman–Crippen LogP) is 6.67. The highest BCUT2D eigenvalue weighted by atomic mass is 79.9. The van der Waals surface area contributed by atoms with Gasteiger partial charge in [0.15, 0.2) is 22.4 Å². The predicted molar refractivity (Wildman–Crippen MR) is 148 cm³/mol. The van der Waals surface area contributed by atoms with Gasteiger partial charge in [-0.1, -0.05) is 53.8 Å². The molecule has 1 saturated heterocycles. The van der Waals surface area contributed by atoms with E-state index < -0.39 is 11.7 Å². The Kier molecular flexibility index (Phi) is 8.30. The van der Waals surface area contributed by atoms with Gasteiger partial charge in [0.2, 0.25) is 0 Å². The average Bonchev–Trinajstić information content (AvgIpc) is 3.13. The van der Waals surface area contributed by atoms with Crippen LogP contribution in [0.3, 0.4) is 0 Å². The monoisotopic (exact) mass is 606 g/mol. The minimum atomic E-state index is -0.537. The number of hydrogen-bond acceptors (Lipinski definition) is 6. The number of carbonyl (C=O) groups is 2. The fourth-order valence-corrected chi connectivity index (χ4v) is 4.98. The van der Waals surface area contributed by atoms with Crippen molar-refractivity contribution in [3.8, 4) is 11.5 Å². The van der Waals surface area contributed by atoms with Crippen molar-refractivity contribution in [3.63, 3.8) is 0 Å². The molecule has 1 N–H and O–H groups in total. The first kappa shape index (κ1) is 26.2. The van der Waals surface area contributed by atoms with E-state index in [9.17, 15) is 14.0 Å². The standard InChI is InChI=1S/C25H17BrClFN2O4S2/c1-33-21-10-14(11-22-24(32)30(25(35)36-22)19-5-3-2-4-18(19)28)6-9-20(21)34-13-23(31)29-15-7-8-16(26)17(27)12-15/h2-12H,13H2,1H3,(H,29,31)/b22-11-. The lowest BCUT2D eigenvalue weighted by Crippen LogP contribution is -2.28.